The van der Waals surface area contributed by atoms with Crippen LogP contribution in [0.5, 0.6) is 0 Å². The van der Waals surface area contributed by atoms with E-state index in [2.05, 4.69) is 5.32 Å². The molecule has 0 aliphatic carbocycles. The second-order valence-corrected chi connectivity index (χ2v) is 7.53. The first-order valence-corrected chi connectivity index (χ1v) is 8.51. The van der Waals surface area contributed by atoms with Crippen molar-refractivity contribution >= 4 is 21.7 Å². The van der Waals surface area contributed by atoms with E-state index in [0.717, 1.165) is 0 Å². The van der Waals surface area contributed by atoms with Crippen molar-refractivity contribution in [2.24, 2.45) is 0 Å². The van der Waals surface area contributed by atoms with E-state index in [9.17, 15) is 18.0 Å². The first kappa shape index (κ1) is 14.3. The van der Waals surface area contributed by atoms with Gasteiger partial charge in [0.15, 0.2) is 9.84 Å². The molecule has 0 saturated carbocycles. The normalized spacial score (nSPS) is 35.1. The predicted molar refractivity (Wildman–Crippen MR) is 70.2 cm³/mol. The SMILES string of the molecule is CCC1NC(=O)C(C)N(C2CCCS(=O)(=O)C2)C1=O. The maximum absolute atomic E-state index is 12.3. The number of nitrogens with zero attached hydrogens (tertiary/aromatic N) is 1. The number of nitrogens with one attached hydrogen (secondary N) is 1. The maximum atomic E-state index is 12.3. The monoisotopic (exact) mass is 288 g/mol. The molecule has 2 amide bonds. The smallest absolute Gasteiger partial charge is 0.246 e. The summed E-state index contributed by atoms with van der Waals surface area (Å²) in [5.41, 5.74) is 0. The number of amides is 2. The van der Waals surface area contributed by atoms with E-state index >= 15 is 0 Å². The fourth-order valence-corrected chi connectivity index (χ4v) is 4.53. The quantitative estimate of drug-likeness (QED) is 0.755. The van der Waals surface area contributed by atoms with Crippen LogP contribution in [0.15, 0.2) is 0 Å². The molecule has 0 aromatic carbocycles. The van der Waals surface area contributed by atoms with Gasteiger partial charge in [-0.1, -0.05) is 6.92 Å². The highest BCUT2D eigenvalue weighted by molar-refractivity contribution is 7.91. The fourth-order valence-electron chi connectivity index (χ4n) is 2.84. The van der Waals surface area contributed by atoms with Crippen LogP contribution < -0.4 is 5.32 Å². The average molecular weight is 288 g/mol. The largest absolute Gasteiger partial charge is 0.343 e. The van der Waals surface area contributed by atoms with Crippen molar-refractivity contribution in [1.82, 2.24) is 10.2 Å². The highest BCUT2D eigenvalue weighted by atomic mass is 32.2. The van der Waals surface area contributed by atoms with Crippen molar-refractivity contribution in [2.45, 2.75) is 51.2 Å². The Bertz CT molecular complexity index is 488. The van der Waals surface area contributed by atoms with E-state index < -0.39 is 21.9 Å². The number of carbonyl (C=O) groups is 2. The lowest BCUT2D eigenvalue weighted by Crippen LogP contribution is -2.66. The number of sulfone groups is 1. The summed E-state index contributed by atoms with van der Waals surface area (Å²) in [4.78, 5) is 25.7. The van der Waals surface area contributed by atoms with Gasteiger partial charge in [0.05, 0.1) is 11.5 Å². The second kappa shape index (κ2) is 5.11. The lowest BCUT2D eigenvalue weighted by atomic mass is 10.0. The van der Waals surface area contributed by atoms with Gasteiger partial charge in [-0.15, -0.1) is 0 Å². The Morgan fingerprint density at radius 1 is 1.37 bits per heavy atom. The molecule has 108 valence electrons. The second-order valence-electron chi connectivity index (χ2n) is 5.30. The van der Waals surface area contributed by atoms with Gasteiger partial charge in [-0.25, -0.2) is 8.42 Å². The highest BCUT2D eigenvalue weighted by Crippen LogP contribution is 2.23. The van der Waals surface area contributed by atoms with Crippen molar-refractivity contribution < 1.29 is 18.0 Å². The average Bonchev–Trinajstić information content (AvgIpc) is 2.33. The summed E-state index contributed by atoms with van der Waals surface area (Å²) in [7, 11) is -3.10. The molecule has 2 rings (SSSR count). The van der Waals surface area contributed by atoms with Crippen LogP contribution >= 0.6 is 0 Å². The Morgan fingerprint density at radius 2 is 2.05 bits per heavy atom. The minimum Gasteiger partial charge on any atom is -0.343 e. The van der Waals surface area contributed by atoms with Crippen molar-refractivity contribution in [3.05, 3.63) is 0 Å². The third kappa shape index (κ3) is 2.75. The first-order valence-electron chi connectivity index (χ1n) is 6.68. The van der Waals surface area contributed by atoms with Crippen LogP contribution in [0.2, 0.25) is 0 Å². The van der Waals surface area contributed by atoms with Crippen LogP contribution in [-0.2, 0) is 19.4 Å². The van der Waals surface area contributed by atoms with E-state index in [0.29, 0.717) is 19.3 Å². The van der Waals surface area contributed by atoms with E-state index in [1.54, 1.807) is 6.92 Å². The summed E-state index contributed by atoms with van der Waals surface area (Å²) in [5, 5.41) is 2.68. The number of hydrogen-bond acceptors (Lipinski definition) is 4. The molecular formula is C12H20N2O4S. The van der Waals surface area contributed by atoms with Crippen molar-refractivity contribution in [3.63, 3.8) is 0 Å². The molecule has 3 atom stereocenters. The van der Waals surface area contributed by atoms with E-state index in [1.165, 1.54) is 4.90 Å². The number of hydrogen-bond donors (Lipinski definition) is 1. The zero-order valence-corrected chi connectivity index (χ0v) is 12.1. The van der Waals surface area contributed by atoms with Crippen molar-refractivity contribution in [1.29, 1.82) is 0 Å². The zero-order valence-electron chi connectivity index (χ0n) is 11.3. The van der Waals surface area contributed by atoms with Crippen LogP contribution in [0, 0.1) is 0 Å². The minimum absolute atomic E-state index is 0.0210. The predicted octanol–water partition coefficient (Wildman–Crippen LogP) is -0.311. The van der Waals surface area contributed by atoms with Crippen LogP contribution in [0.4, 0.5) is 0 Å². The van der Waals surface area contributed by atoms with Crippen LogP contribution in [0.1, 0.15) is 33.1 Å². The maximum Gasteiger partial charge on any atom is 0.246 e. The van der Waals surface area contributed by atoms with Gasteiger partial charge in [0.2, 0.25) is 11.8 Å². The van der Waals surface area contributed by atoms with Crippen LogP contribution in [0.3, 0.4) is 0 Å². The molecule has 2 saturated heterocycles. The van der Waals surface area contributed by atoms with Gasteiger partial charge in [-0.3, -0.25) is 9.59 Å². The summed E-state index contributed by atoms with van der Waals surface area (Å²) in [5.74, 6) is -0.193. The Hall–Kier alpha value is -1.11. The summed E-state index contributed by atoms with van der Waals surface area (Å²) in [6.07, 6.45) is 1.73. The van der Waals surface area contributed by atoms with E-state index in [1.807, 2.05) is 6.92 Å². The summed E-state index contributed by atoms with van der Waals surface area (Å²) in [6.45, 7) is 3.48. The molecule has 6 nitrogen and oxygen atoms in total. The number of rotatable bonds is 2. The van der Waals surface area contributed by atoms with Crippen LogP contribution in [-0.4, -0.2) is 54.8 Å². The van der Waals surface area contributed by atoms with Gasteiger partial charge in [0, 0.05) is 6.04 Å². The molecule has 2 aliphatic heterocycles. The molecule has 0 radical (unpaired) electrons. The number of piperazine rings is 1. The highest BCUT2D eigenvalue weighted by Gasteiger charge is 2.42. The summed E-state index contributed by atoms with van der Waals surface area (Å²) < 4.78 is 23.4. The van der Waals surface area contributed by atoms with Gasteiger partial charge in [-0.05, 0) is 26.2 Å². The van der Waals surface area contributed by atoms with Gasteiger partial charge in [-0.2, -0.15) is 0 Å². The van der Waals surface area contributed by atoms with E-state index in [4.69, 9.17) is 0 Å². The first-order chi connectivity index (χ1) is 8.85. The van der Waals surface area contributed by atoms with Gasteiger partial charge >= 0.3 is 0 Å². The van der Waals surface area contributed by atoms with Crippen LogP contribution in [0.25, 0.3) is 0 Å². The minimum atomic E-state index is -3.10. The topological polar surface area (TPSA) is 83.6 Å². The molecule has 0 aromatic heterocycles. The molecular weight excluding hydrogens is 268 g/mol. The van der Waals surface area contributed by atoms with Gasteiger partial charge in [0.25, 0.3) is 0 Å². The molecule has 2 aliphatic rings. The Labute approximate surface area is 113 Å². The molecule has 0 bridgehead atoms. The third-order valence-corrected chi connectivity index (χ3v) is 5.71. The Kier molecular flexibility index (Phi) is 3.85. The molecule has 1 N–H and O–H groups in total. The zero-order chi connectivity index (χ0) is 14.2. The van der Waals surface area contributed by atoms with Crippen molar-refractivity contribution in [3.8, 4) is 0 Å². The molecule has 2 fully saturated rings. The lowest BCUT2D eigenvalue weighted by molar-refractivity contribution is -0.151. The number of carbonyl (C=O) groups excluding carboxylic acids is 2. The molecule has 0 aromatic rings. The van der Waals surface area contributed by atoms with Gasteiger partial charge < -0.3 is 10.2 Å². The molecule has 7 heteroatoms. The molecule has 3 unspecified atom stereocenters. The standard InChI is InChI=1S/C12H20N2O4S/c1-3-10-12(16)14(8(2)11(15)13-10)9-5-4-6-19(17,18)7-9/h8-10H,3-7H2,1-2H3,(H,13,15). The van der Waals surface area contributed by atoms with E-state index in [-0.39, 0.29) is 29.4 Å². The lowest BCUT2D eigenvalue weighted by Gasteiger charge is -2.43. The van der Waals surface area contributed by atoms with Gasteiger partial charge in [0.1, 0.15) is 12.1 Å². The molecule has 2 heterocycles. The Morgan fingerprint density at radius 3 is 2.63 bits per heavy atom. The summed E-state index contributed by atoms with van der Waals surface area (Å²) in [6, 6.07) is -1.47. The fraction of sp³-hybridized carbons (Fsp3) is 0.833. The molecule has 0 spiro atoms. The molecule has 19 heavy (non-hydrogen) atoms. The van der Waals surface area contributed by atoms with Crippen molar-refractivity contribution in [2.75, 3.05) is 11.5 Å². The Balaban J connectivity index is 2.24. The third-order valence-electron chi connectivity index (χ3n) is 3.91. The summed E-state index contributed by atoms with van der Waals surface area (Å²) >= 11 is 0.